The van der Waals surface area contributed by atoms with Gasteiger partial charge in [0.2, 0.25) is 5.43 Å². The Bertz CT molecular complexity index is 940. The van der Waals surface area contributed by atoms with Crippen LogP contribution in [0.4, 0.5) is 13.2 Å². The second kappa shape index (κ2) is 7.75. The van der Waals surface area contributed by atoms with Gasteiger partial charge < -0.3 is 10.6 Å². The van der Waals surface area contributed by atoms with Crippen molar-refractivity contribution in [1.82, 2.24) is 20.4 Å². The molecule has 0 saturated carbocycles. The number of alkyl halides is 3. The summed E-state index contributed by atoms with van der Waals surface area (Å²) < 4.78 is 40.2. The van der Waals surface area contributed by atoms with E-state index in [1.54, 1.807) is 6.92 Å². The predicted molar refractivity (Wildman–Crippen MR) is 97.5 cm³/mol. The van der Waals surface area contributed by atoms with E-state index in [1.165, 1.54) is 22.9 Å². The smallest absolute Gasteiger partial charge is 0.348 e. The maximum Gasteiger partial charge on any atom is 0.416 e. The summed E-state index contributed by atoms with van der Waals surface area (Å²) in [5.41, 5.74) is -1.29. The van der Waals surface area contributed by atoms with Gasteiger partial charge in [-0.1, -0.05) is 6.07 Å². The predicted octanol–water partition coefficient (Wildman–Crippen LogP) is 2.43. The van der Waals surface area contributed by atoms with E-state index >= 15 is 0 Å². The second-order valence-electron chi connectivity index (χ2n) is 7.01. The lowest BCUT2D eigenvalue weighted by Gasteiger charge is -2.28. The van der Waals surface area contributed by atoms with Crippen LogP contribution in [0.1, 0.15) is 41.5 Å². The second-order valence-corrected chi connectivity index (χ2v) is 7.01. The zero-order valence-corrected chi connectivity index (χ0v) is 15.5. The van der Waals surface area contributed by atoms with E-state index in [2.05, 4.69) is 15.7 Å². The van der Waals surface area contributed by atoms with Crippen LogP contribution in [0, 0.1) is 6.92 Å². The molecule has 9 heteroatoms. The molecular weight excluding hydrogens is 373 g/mol. The van der Waals surface area contributed by atoms with Crippen LogP contribution in [0.2, 0.25) is 0 Å². The summed E-state index contributed by atoms with van der Waals surface area (Å²) in [5.74, 6) is -0.621. The minimum absolute atomic E-state index is 0.0896. The highest BCUT2D eigenvalue weighted by Gasteiger charge is 2.31. The number of carbonyl (C=O) groups excluding carboxylic acids is 1. The first kappa shape index (κ1) is 20.1. The number of amides is 1. The SMILES string of the molecule is Cc1cc(=O)c(C(=O)NC2CCNC(C)C2)nn1-c1cccc(C(F)(F)F)c1. The number of halogens is 3. The Morgan fingerprint density at radius 1 is 1.32 bits per heavy atom. The highest BCUT2D eigenvalue weighted by atomic mass is 19.4. The van der Waals surface area contributed by atoms with Crippen LogP contribution < -0.4 is 16.1 Å². The first-order valence-electron chi connectivity index (χ1n) is 8.98. The third kappa shape index (κ3) is 4.41. The summed E-state index contributed by atoms with van der Waals surface area (Å²) in [5, 5.41) is 10.1. The van der Waals surface area contributed by atoms with Gasteiger partial charge in [-0.05, 0) is 51.4 Å². The molecule has 0 bridgehead atoms. The lowest BCUT2D eigenvalue weighted by molar-refractivity contribution is -0.137. The molecule has 1 saturated heterocycles. The fourth-order valence-corrected chi connectivity index (χ4v) is 3.30. The van der Waals surface area contributed by atoms with Gasteiger partial charge in [-0.3, -0.25) is 9.59 Å². The lowest BCUT2D eigenvalue weighted by atomic mass is 10.0. The molecule has 1 amide bonds. The van der Waals surface area contributed by atoms with Gasteiger partial charge in [0.05, 0.1) is 11.3 Å². The number of rotatable bonds is 3. The van der Waals surface area contributed by atoms with Crippen LogP contribution in [0.15, 0.2) is 35.1 Å². The van der Waals surface area contributed by atoms with Crippen molar-refractivity contribution in [3.8, 4) is 5.69 Å². The van der Waals surface area contributed by atoms with Crippen LogP contribution in [0.5, 0.6) is 0 Å². The van der Waals surface area contributed by atoms with E-state index in [0.29, 0.717) is 5.69 Å². The molecular formula is C19H21F3N4O2. The van der Waals surface area contributed by atoms with Crippen molar-refractivity contribution in [1.29, 1.82) is 0 Å². The van der Waals surface area contributed by atoms with Crippen molar-refractivity contribution in [2.24, 2.45) is 0 Å². The topological polar surface area (TPSA) is 76.0 Å². The lowest BCUT2D eigenvalue weighted by Crippen LogP contribution is -2.47. The normalized spacial score (nSPS) is 20.0. The number of hydrogen-bond donors (Lipinski definition) is 2. The zero-order chi connectivity index (χ0) is 20.5. The Labute approximate surface area is 159 Å². The van der Waals surface area contributed by atoms with Crippen LogP contribution in [-0.4, -0.2) is 34.3 Å². The van der Waals surface area contributed by atoms with Gasteiger partial charge in [0.25, 0.3) is 5.91 Å². The van der Waals surface area contributed by atoms with Crippen LogP contribution >= 0.6 is 0 Å². The highest BCUT2D eigenvalue weighted by Crippen LogP contribution is 2.30. The molecule has 2 unspecified atom stereocenters. The number of aromatic nitrogens is 2. The molecule has 2 aromatic rings. The molecule has 2 N–H and O–H groups in total. The minimum Gasteiger partial charge on any atom is -0.348 e. The average Bonchev–Trinajstić information content (AvgIpc) is 2.61. The monoisotopic (exact) mass is 394 g/mol. The van der Waals surface area contributed by atoms with E-state index in [4.69, 9.17) is 0 Å². The number of hydrogen-bond acceptors (Lipinski definition) is 4. The fourth-order valence-electron chi connectivity index (χ4n) is 3.30. The van der Waals surface area contributed by atoms with Gasteiger partial charge in [-0.2, -0.15) is 18.3 Å². The molecule has 2 heterocycles. The Morgan fingerprint density at radius 3 is 2.75 bits per heavy atom. The van der Waals surface area contributed by atoms with Crippen LogP contribution in [0.25, 0.3) is 5.69 Å². The molecule has 2 atom stereocenters. The van der Waals surface area contributed by atoms with E-state index in [9.17, 15) is 22.8 Å². The van der Waals surface area contributed by atoms with Gasteiger partial charge in [-0.15, -0.1) is 0 Å². The van der Waals surface area contributed by atoms with Crippen molar-refractivity contribution < 1.29 is 18.0 Å². The number of aryl methyl sites for hydroxylation is 1. The zero-order valence-electron chi connectivity index (χ0n) is 15.5. The highest BCUT2D eigenvalue weighted by molar-refractivity contribution is 5.92. The minimum atomic E-state index is -4.51. The summed E-state index contributed by atoms with van der Waals surface area (Å²) in [6.07, 6.45) is -3.06. The van der Waals surface area contributed by atoms with E-state index in [0.717, 1.165) is 31.5 Å². The largest absolute Gasteiger partial charge is 0.416 e. The summed E-state index contributed by atoms with van der Waals surface area (Å²) in [6.45, 7) is 4.30. The Balaban J connectivity index is 1.93. The van der Waals surface area contributed by atoms with Crippen LogP contribution in [-0.2, 0) is 6.18 Å². The van der Waals surface area contributed by atoms with Crippen LogP contribution in [0.3, 0.4) is 0 Å². The quantitative estimate of drug-likeness (QED) is 0.839. The molecule has 1 aromatic heterocycles. The van der Waals surface area contributed by atoms with Crippen molar-refractivity contribution in [3.05, 3.63) is 57.5 Å². The molecule has 3 rings (SSSR count). The average molecular weight is 394 g/mol. The number of nitrogens with zero attached hydrogens (tertiary/aromatic N) is 2. The van der Waals surface area contributed by atoms with E-state index < -0.39 is 23.1 Å². The Hall–Kier alpha value is -2.68. The number of benzene rings is 1. The van der Waals surface area contributed by atoms with Gasteiger partial charge in [0.1, 0.15) is 0 Å². The van der Waals surface area contributed by atoms with Gasteiger partial charge in [0.15, 0.2) is 5.69 Å². The van der Waals surface area contributed by atoms with Crippen molar-refractivity contribution in [3.63, 3.8) is 0 Å². The molecule has 6 nitrogen and oxygen atoms in total. The first-order chi connectivity index (χ1) is 13.1. The molecule has 1 aromatic carbocycles. The number of piperidine rings is 1. The Morgan fingerprint density at radius 2 is 2.07 bits per heavy atom. The molecule has 1 fully saturated rings. The number of nitrogens with one attached hydrogen (secondary N) is 2. The van der Waals surface area contributed by atoms with Gasteiger partial charge in [-0.25, -0.2) is 4.68 Å². The van der Waals surface area contributed by atoms with Gasteiger partial charge in [0, 0.05) is 23.8 Å². The summed E-state index contributed by atoms with van der Waals surface area (Å²) in [7, 11) is 0. The fraction of sp³-hybridized carbons (Fsp3) is 0.421. The van der Waals surface area contributed by atoms with E-state index in [1.807, 2.05) is 6.92 Å². The first-order valence-corrected chi connectivity index (χ1v) is 8.98. The van der Waals surface area contributed by atoms with Crippen molar-refractivity contribution >= 4 is 5.91 Å². The maximum atomic E-state index is 13.0. The van der Waals surface area contributed by atoms with Gasteiger partial charge >= 0.3 is 6.18 Å². The van der Waals surface area contributed by atoms with E-state index in [-0.39, 0.29) is 23.5 Å². The van der Waals surface area contributed by atoms with Crippen molar-refractivity contribution in [2.45, 2.75) is 44.9 Å². The van der Waals surface area contributed by atoms with Crippen molar-refractivity contribution in [2.75, 3.05) is 6.54 Å². The molecule has 0 radical (unpaired) electrons. The number of carbonyl (C=O) groups is 1. The summed E-state index contributed by atoms with van der Waals surface area (Å²) in [6, 6.07) is 5.94. The molecule has 1 aliphatic rings. The molecule has 0 aliphatic carbocycles. The molecule has 28 heavy (non-hydrogen) atoms. The summed E-state index contributed by atoms with van der Waals surface area (Å²) >= 11 is 0. The Kier molecular flexibility index (Phi) is 5.55. The third-order valence-electron chi connectivity index (χ3n) is 4.70. The standard InChI is InChI=1S/C19H21F3N4O2/c1-11-8-14(6-7-23-11)24-18(28)17-16(27)9-12(2)26(25-17)15-5-3-4-13(10-15)19(20,21)22/h3-5,9-11,14,23H,6-8H2,1-2H3,(H,24,28). The molecule has 1 aliphatic heterocycles. The maximum absolute atomic E-state index is 13.0. The third-order valence-corrected chi connectivity index (χ3v) is 4.70. The molecule has 150 valence electrons. The summed E-state index contributed by atoms with van der Waals surface area (Å²) in [4.78, 5) is 24.8. The molecule has 0 spiro atoms.